The van der Waals surface area contributed by atoms with Crippen molar-refractivity contribution in [2.75, 3.05) is 26.1 Å². The Kier molecular flexibility index (Phi) is 3.27. The summed E-state index contributed by atoms with van der Waals surface area (Å²) >= 11 is 0. The zero-order chi connectivity index (χ0) is 45.5. The van der Waals surface area contributed by atoms with Crippen LogP contribution in [0.3, 0.4) is 0 Å². The minimum atomic E-state index is -4.33. The predicted molar refractivity (Wildman–Crippen MR) is 121 cm³/mol. The van der Waals surface area contributed by atoms with Crippen LogP contribution in [-0.4, -0.2) is 41.4 Å². The number of hydrogen-bond donors (Lipinski definition) is 4. The molecule has 0 bridgehead atoms. The molecule has 2 rings (SSSR count). The van der Waals surface area contributed by atoms with Crippen LogP contribution in [0.1, 0.15) is 98.1 Å². The summed E-state index contributed by atoms with van der Waals surface area (Å²) in [5, 5.41) is 32.0. The van der Waals surface area contributed by atoms with Gasteiger partial charge in [0.15, 0.2) is 0 Å². The predicted octanol–water partition coefficient (Wildman–Crippen LogP) is 4.11. The highest BCUT2D eigenvalue weighted by atomic mass is 16.5. The molecule has 0 aliphatic carbocycles. The Hall–Kier alpha value is -1.92. The summed E-state index contributed by atoms with van der Waals surface area (Å²) in [5.41, 5.74) is -4.22. The number of aromatic hydroxyl groups is 1. The van der Waals surface area contributed by atoms with E-state index >= 15 is 0 Å². The van der Waals surface area contributed by atoms with Crippen LogP contribution >= 0.6 is 0 Å². The van der Waals surface area contributed by atoms with E-state index in [4.69, 9.17) is 37.0 Å². The topological polar surface area (TPSA) is 82.0 Å². The summed E-state index contributed by atoms with van der Waals surface area (Å²) in [7, 11) is 0. The van der Waals surface area contributed by atoms with Gasteiger partial charge in [0, 0.05) is 44.4 Å². The number of ether oxygens (including phenoxy) is 1. The highest BCUT2D eigenvalue weighted by Gasteiger charge is 2.09. The van der Waals surface area contributed by atoms with E-state index in [0.29, 0.717) is 12.1 Å². The summed E-state index contributed by atoms with van der Waals surface area (Å²) in [6.45, 7) is -20.0. The van der Waals surface area contributed by atoms with Crippen molar-refractivity contribution >= 4 is 0 Å². The van der Waals surface area contributed by atoms with Gasteiger partial charge in [-0.05, 0) is 61.6 Å². The van der Waals surface area contributed by atoms with Crippen LogP contribution in [0.2, 0.25) is 0 Å². The largest absolute Gasteiger partial charge is 0.508 e. The van der Waals surface area contributed by atoms with Gasteiger partial charge >= 0.3 is 0 Å². The molecule has 0 aromatic heterocycles. The number of aliphatic hydroxyl groups is 2. The smallest absolute Gasteiger partial charge is 0.121 e. The molecule has 0 radical (unpaired) electrons. The van der Waals surface area contributed by atoms with E-state index in [2.05, 4.69) is 4.74 Å². The summed E-state index contributed by atoms with van der Waals surface area (Å²) < 4.78 is 222. The second-order valence-corrected chi connectivity index (χ2v) is 4.96. The second kappa shape index (κ2) is 15.0. The SMILES string of the molecule is [2H]c1cc([2H])c(C([2H])([2H])C([2H])([2H])C([2H])([2H])C([2H])([2H])OC([2H])([2H])C([2H])([2H])CCC([2H])([2H])C([2H])([2H])NC([2H])([2H])C([2H])(O)c2c([2H])c([2H])c(O)c(C([2H])([2H])O)c2[2H])c([2H])c1. The van der Waals surface area contributed by atoms with Crippen molar-refractivity contribution in [1.82, 2.24) is 5.32 Å². The molecule has 0 saturated carbocycles. The van der Waals surface area contributed by atoms with Gasteiger partial charge in [0.2, 0.25) is 0 Å². The van der Waals surface area contributed by atoms with Gasteiger partial charge in [-0.3, -0.25) is 0 Å². The summed E-state index contributed by atoms with van der Waals surface area (Å²) in [4.78, 5) is 0. The molecule has 0 saturated heterocycles. The van der Waals surface area contributed by atoms with E-state index in [1.807, 2.05) is 0 Å². The molecule has 0 fully saturated rings. The molecule has 0 heterocycles. The van der Waals surface area contributed by atoms with Crippen LogP contribution in [0.25, 0.3) is 0 Å². The number of benzene rings is 2. The first kappa shape index (κ1) is 6.55. The van der Waals surface area contributed by atoms with Crippen molar-refractivity contribution in [3.8, 4) is 5.75 Å². The fraction of sp³-hybridized carbons (Fsp3) is 0.520. The van der Waals surface area contributed by atoms with Gasteiger partial charge in [0.05, 0.1) is 30.5 Å². The van der Waals surface area contributed by atoms with Gasteiger partial charge in [0.1, 0.15) is 5.75 Å². The van der Waals surface area contributed by atoms with Crippen LogP contribution in [0.15, 0.2) is 48.4 Å². The van der Waals surface area contributed by atoms with E-state index in [9.17, 15) is 15.3 Å². The lowest BCUT2D eigenvalue weighted by molar-refractivity contribution is 0.126. The van der Waals surface area contributed by atoms with Crippen molar-refractivity contribution in [2.45, 2.75) is 57.3 Å². The summed E-state index contributed by atoms with van der Waals surface area (Å²) in [6.07, 6.45) is -26.7. The first-order valence-corrected chi connectivity index (χ1v) is 8.19. The number of hydrogen-bond acceptors (Lipinski definition) is 5. The molecule has 4 N–H and O–H groups in total. The number of rotatable bonds is 16. The average Bonchev–Trinajstić information content (AvgIpc) is 2.96. The maximum absolute atomic E-state index is 10.9. The number of nitrogens with one attached hydrogen (secondary N) is 1. The maximum Gasteiger partial charge on any atom is 0.121 e. The third-order valence-electron chi connectivity index (χ3n) is 2.92. The minimum Gasteiger partial charge on any atom is -0.508 e. The number of phenols is 1. The Balaban J connectivity index is 2.45. The van der Waals surface area contributed by atoms with Crippen molar-refractivity contribution < 1.29 is 57.1 Å². The van der Waals surface area contributed by atoms with Crippen LogP contribution in [0.4, 0.5) is 0 Å². The van der Waals surface area contributed by atoms with E-state index in [0.717, 1.165) is 0 Å². The quantitative estimate of drug-likeness (QED) is 0.314. The van der Waals surface area contributed by atoms with Crippen LogP contribution in [0.5, 0.6) is 5.75 Å². The molecule has 2 aromatic rings. The van der Waals surface area contributed by atoms with E-state index in [1.165, 1.54) is 5.32 Å². The molecule has 0 spiro atoms. The van der Waals surface area contributed by atoms with Gasteiger partial charge in [-0.25, -0.2) is 0 Å². The monoisotopic (exact) mass is 442 g/mol. The molecule has 0 aliphatic heterocycles. The van der Waals surface area contributed by atoms with E-state index < -0.39 is 142 Å². The molecular weight excluding hydrogens is 378 g/mol. The zero-order valence-electron chi connectivity index (χ0n) is 42.3. The van der Waals surface area contributed by atoms with Crippen LogP contribution in [-0.2, 0) is 17.7 Å². The van der Waals surface area contributed by atoms with Crippen molar-refractivity contribution in [2.24, 2.45) is 0 Å². The average molecular weight is 443 g/mol. The molecule has 5 heteroatoms. The highest BCUT2D eigenvalue weighted by molar-refractivity contribution is 5.36. The van der Waals surface area contributed by atoms with Gasteiger partial charge in [-0.2, -0.15) is 0 Å². The van der Waals surface area contributed by atoms with Gasteiger partial charge in [-0.15, -0.1) is 0 Å². The minimum absolute atomic E-state index is 0.473. The molecule has 5 nitrogen and oxygen atoms in total. The Labute approximate surface area is 218 Å². The highest BCUT2D eigenvalue weighted by Crippen LogP contribution is 2.22. The Morgan fingerprint density at radius 2 is 1.83 bits per heavy atom. The lowest BCUT2D eigenvalue weighted by Crippen LogP contribution is -2.22. The van der Waals surface area contributed by atoms with E-state index in [-0.39, 0.29) is 0 Å². The molecule has 0 amide bonds. The lowest BCUT2D eigenvalue weighted by atomic mass is 10.1. The normalized spacial score (nSPS) is 31.2. The van der Waals surface area contributed by atoms with Crippen LogP contribution < -0.4 is 5.32 Å². The van der Waals surface area contributed by atoms with Crippen molar-refractivity contribution in [3.63, 3.8) is 0 Å². The molecular formula is C25H37NO4. The summed E-state index contributed by atoms with van der Waals surface area (Å²) in [5.74, 6) is -1.50. The molecule has 0 aliphatic rings. The van der Waals surface area contributed by atoms with Crippen molar-refractivity contribution in [3.05, 3.63) is 65.1 Å². The fourth-order valence-corrected chi connectivity index (χ4v) is 1.62. The van der Waals surface area contributed by atoms with Gasteiger partial charge < -0.3 is 25.4 Å². The molecule has 30 heavy (non-hydrogen) atoms. The van der Waals surface area contributed by atoms with Crippen LogP contribution in [0, 0.1) is 0 Å². The van der Waals surface area contributed by atoms with Crippen molar-refractivity contribution in [1.29, 1.82) is 0 Å². The Bertz CT molecular complexity index is 1820. The first-order chi connectivity index (χ1) is 24.8. The lowest BCUT2D eigenvalue weighted by Gasteiger charge is -2.14. The molecule has 2 aromatic carbocycles. The molecule has 166 valence electrons. The second-order valence-electron chi connectivity index (χ2n) is 4.96. The first-order valence-electron chi connectivity index (χ1n) is 21.7. The zero-order valence-corrected chi connectivity index (χ0v) is 15.3. The fourth-order valence-electron chi connectivity index (χ4n) is 1.62. The molecule has 1 unspecified atom stereocenters. The van der Waals surface area contributed by atoms with Gasteiger partial charge in [0.25, 0.3) is 0 Å². The Morgan fingerprint density at radius 3 is 2.63 bits per heavy atom. The van der Waals surface area contributed by atoms with Gasteiger partial charge in [-0.1, -0.05) is 49.1 Å². The third kappa shape index (κ3) is 9.72. The standard InChI is InChI=1S/C25H37NO4/c27-20-23-18-22(13-14-24(23)28)25(29)19-26-15-7-1-2-8-16-30-17-9-6-12-21-10-4-3-5-11-21/h3-5,10-11,13-14,18,25-29H,1-2,6-9,12,15-17,19-20H2/i3D,6D2,7D2,8D2,9D2,10D,11D,12D2,13D,14D,15D2,16D2,17D2,18D,19D2,20D2,25D. The molecule has 1 atom stereocenters. The van der Waals surface area contributed by atoms with E-state index in [1.54, 1.807) is 0 Å². The Morgan fingerprint density at radius 1 is 1.07 bits per heavy atom. The summed E-state index contributed by atoms with van der Waals surface area (Å²) in [6, 6.07) is -5.45. The maximum atomic E-state index is 10.9. The third-order valence-corrected chi connectivity index (χ3v) is 2.92.